The van der Waals surface area contributed by atoms with Crippen LogP contribution >= 0.6 is 7.82 Å². The van der Waals surface area contributed by atoms with Gasteiger partial charge in [-0.3, -0.25) is 28.2 Å². The molecule has 0 spiro atoms. The third kappa shape index (κ3) is 40.5. The Kier molecular flexibility index (Phi) is 37.9. The van der Waals surface area contributed by atoms with Crippen molar-refractivity contribution in [2.24, 2.45) is 17.4 Å². The van der Waals surface area contributed by atoms with Crippen molar-refractivity contribution in [3.05, 3.63) is 0 Å². The van der Waals surface area contributed by atoms with Gasteiger partial charge < -0.3 is 36.0 Å². The Morgan fingerprint density at radius 2 is 0.807 bits per heavy atom. The van der Waals surface area contributed by atoms with Crippen LogP contribution < -0.4 is 11.5 Å². The van der Waals surface area contributed by atoms with Gasteiger partial charge in [0.05, 0.1) is 13.2 Å². The fourth-order valence-corrected chi connectivity index (χ4v) is 7.44. The van der Waals surface area contributed by atoms with E-state index in [4.69, 9.17) is 40.2 Å². The second-order valence-electron chi connectivity index (χ2n) is 15.5. The van der Waals surface area contributed by atoms with E-state index in [9.17, 15) is 28.6 Å². The third-order valence-corrected chi connectivity index (χ3v) is 11.0. The molecular weight excluding hydrogens is 755 g/mol. The second kappa shape index (κ2) is 39.4. The minimum atomic E-state index is -4.50. The molecule has 7 N–H and O–H groups in total. The SMILES string of the molecule is NCCCC(=O)OCC(COP(=O)(O)OC[C@H](CCCCCCCCCCCCCCC(=O)O)CCCCCCCCCCCCCC(=O)O)OC(=O)CCCN. The van der Waals surface area contributed by atoms with Gasteiger partial charge in [-0.1, -0.05) is 135 Å². The number of nitrogens with two attached hydrogens (primary N) is 2. The van der Waals surface area contributed by atoms with Crippen LogP contribution in [0.15, 0.2) is 0 Å². The number of carboxylic acid groups (broad SMARTS) is 2. The van der Waals surface area contributed by atoms with Gasteiger partial charge >= 0.3 is 31.7 Å². The standard InChI is InChI=1S/C42H81N2O12P/c43-32-24-30-41(49)53-35-38(56-42(50)31-25-33-44)36-55-57(51,52)54-34-37(27-21-17-13-9-5-3-7-11-15-19-23-29-40(47)48)26-20-16-12-8-4-1-2-6-10-14-18-22-28-39(45)46/h37-38H,1-36,43-44H2,(H,45,46)(H,47,48)(H,51,52)/t37-,38?/m1/s1. The van der Waals surface area contributed by atoms with Crippen LogP contribution in [-0.2, 0) is 42.3 Å². The van der Waals surface area contributed by atoms with Gasteiger partial charge in [0.2, 0.25) is 0 Å². The number of ether oxygens (including phenoxy) is 2. The van der Waals surface area contributed by atoms with Gasteiger partial charge in [0, 0.05) is 25.7 Å². The summed E-state index contributed by atoms with van der Waals surface area (Å²) in [5.41, 5.74) is 10.9. The van der Waals surface area contributed by atoms with Crippen LogP contribution in [-0.4, -0.2) is 78.0 Å². The normalized spacial score (nSPS) is 13.5. The van der Waals surface area contributed by atoms with E-state index in [1.807, 2.05) is 0 Å². The summed E-state index contributed by atoms with van der Waals surface area (Å²) >= 11 is 0. The Balaban J connectivity index is 4.75. The fourth-order valence-electron chi connectivity index (χ4n) is 6.61. The summed E-state index contributed by atoms with van der Waals surface area (Å²) < 4.78 is 34.2. The first-order valence-corrected chi connectivity index (χ1v) is 23.8. The van der Waals surface area contributed by atoms with Crippen LogP contribution in [0.3, 0.4) is 0 Å². The number of hydrogen-bond donors (Lipinski definition) is 5. The van der Waals surface area contributed by atoms with Gasteiger partial charge in [-0.05, 0) is 57.5 Å². The first-order valence-electron chi connectivity index (χ1n) is 22.3. The summed E-state index contributed by atoms with van der Waals surface area (Å²) in [5.74, 6) is -2.43. The topological polar surface area (TPSA) is 235 Å². The predicted octanol–water partition coefficient (Wildman–Crippen LogP) is 9.37. The second-order valence-corrected chi connectivity index (χ2v) is 17.0. The Morgan fingerprint density at radius 1 is 0.456 bits per heavy atom. The van der Waals surface area contributed by atoms with Crippen LogP contribution in [0.5, 0.6) is 0 Å². The van der Waals surface area contributed by atoms with E-state index in [-0.39, 0.29) is 44.8 Å². The van der Waals surface area contributed by atoms with Gasteiger partial charge in [-0.25, -0.2) is 4.57 Å². The van der Waals surface area contributed by atoms with E-state index in [1.54, 1.807) is 0 Å². The number of rotatable bonds is 44. The lowest BCUT2D eigenvalue weighted by molar-refractivity contribution is -0.161. The number of carbonyl (C=O) groups is 4. The van der Waals surface area contributed by atoms with Gasteiger partial charge in [-0.15, -0.1) is 0 Å². The molecule has 3 atom stereocenters. The molecule has 14 nitrogen and oxygen atoms in total. The van der Waals surface area contributed by atoms with E-state index in [0.29, 0.717) is 25.9 Å². The van der Waals surface area contributed by atoms with E-state index in [1.165, 1.54) is 64.2 Å². The number of phosphoric acid groups is 1. The summed E-state index contributed by atoms with van der Waals surface area (Å²) in [4.78, 5) is 56.0. The molecule has 0 aliphatic carbocycles. The Bertz CT molecular complexity index is 1050. The van der Waals surface area contributed by atoms with Crippen molar-refractivity contribution in [3.63, 3.8) is 0 Å². The average molecular weight is 837 g/mol. The maximum Gasteiger partial charge on any atom is 0.472 e. The highest BCUT2D eigenvalue weighted by molar-refractivity contribution is 7.47. The minimum absolute atomic E-state index is 0.0550. The average Bonchev–Trinajstić information content (AvgIpc) is 3.17. The lowest BCUT2D eigenvalue weighted by atomic mass is 9.94. The molecule has 2 unspecified atom stereocenters. The molecule has 0 aromatic rings. The van der Waals surface area contributed by atoms with Crippen LogP contribution in [0.25, 0.3) is 0 Å². The molecular formula is C42H81N2O12P. The minimum Gasteiger partial charge on any atom is -0.481 e. The highest BCUT2D eigenvalue weighted by atomic mass is 31.2. The maximum absolute atomic E-state index is 13.0. The summed E-state index contributed by atoms with van der Waals surface area (Å²) in [6.07, 6.45) is 27.5. The molecule has 0 aliphatic rings. The number of phosphoric ester groups is 1. The highest BCUT2D eigenvalue weighted by Crippen LogP contribution is 2.44. The molecule has 0 aromatic carbocycles. The fraction of sp³-hybridized carbons (Fsp3) is 0.905. The molecule has 0 saturated carbocycles. The van der Waals surface area contributed by atoms with E-state index >= 15 is 0 Å². The maximum atomic E-state index is 13.0. The van der Waals surface area contributed by atoms with Gasteiger partial charge in [0.1, 0.15) is 6.61 Å². The first kappa shape index (κ1) is 54.9. The van der Waals surface area contributed by atoms with Crippen molar-refractivity contribution in [2.45, 2.75) is 205 Å². The largest absolute Gasteiger partial charge is 0.481 e. The van der Waals surface area contributed by atoms with Crippen molar-refractivity contribution in [1.29, 1.82) is 0 Å². The van der Waals surface area contributed by atoms with Crippen molar-refractivity contribution >= 4 is 31.7 Å². The van der Waals surface area contributed by atoms with Crippen LogP contribution in [0.4, 0.5) is 0 Å². The van der Waals surface area contributed by atoms with Crippen LogP contribution in [0, 0.1) is 5.92 Å². The number of aliphatic carboxylic acids is 2. The van der Waals surface area contributed by atoms with Crippen molar-refractivity contribution in [2.75, 3.05) is 32.9 Å². The smallest absolute Gasteiger partial charge is 0.472 e. The van der Waals surface area contributed by atoms with Crippen LogP contribution in [0.2, 0.25) is 0 Å². The zero-order valence-electron chi connectivity index (χ0n) is 35.2. The highest BCUT2D eigenvalue weighted by Gasteiger charge is 2.27. The van der Waals surface area contributed by atoms with Gasteiger partial charge in [-0.2, -0.15) is 0 Å². The molecule has 0 heterocycles. The van der Waals surface area contributed by atoms with E-state index < -0.39 is 44.4 Å². The van der Waals surface area contributed by atoms with Crippen molar-refractivity contribution in [1.82, 2.24) is 0 Å². The molecule has 0 rings (SSSR count). The first-order chi connectivity index (χ1) is 27.5. The van der Waals surface area contributed by atoms with Crippen LogP contribution in [0.1, 0.15) is 199 Å². The summed E-state index contributed by atoms with van der Waals surface area (Å²) in [5, 5.41) is 17.5. The number of unbranched alkanes of at least 4 members (excludes halogenated alkanes) is 21. The molecule has 0 fully saturated rings. The van der Waals surface area contributed by atoms with E-state index in [0.717, 1.165) is 96.3 Å². The van der Waals surface area contributed by atoms with Crippen molar-refractivity contribution < 1.29 is 57.4 Å². The molecule has 336 valence electrons. The summed E-state index contributed by atoms with van der Waals surface area (Å²) in [6, 6.07) is 0. The molecule has 15 heteroatoms. The van der Waals surface area contributed by atoms with Crippen molar-refractivity contribution in [3.8, 4) is 0 Å². The Hall–Kier alpha value is -2.09. The third-order valence-electron chi connectivity index (χ3n) is 10.1. The number of esters is 2. The molecule has 57 heavy (non-hydrogen) atoms. The summed E-state index contributed by atoms with van der Waals surface area (Å²) in [6.45, 7) is -0.109. The predicted molar refractivity (Wildman–Crippen MR) is 223 cm³/mol. The number of carbonyl (C=O) groups excluding carboxylic acids is 2. The molecule has 0 bridgehead atoms. The quantitative estimate of drug-likeness (QED) is 0.0218. The monoisotopic (exact) mass is 837 g/mol. The summed E-state index contributed by atoms with van der Waals surface area (Å²) in [7, 11) is -4.50. The lowest BCUT2D eigenvalue weighted by Gasteiger charge is -2.22. The lowest BCUT2D eigenvalue weighted by Crippen LogP contribution is -2.30. The van der Waals surface area contributed by atoms with Gasteiger partial charge in [0.25, 0.3) is 0 Å². The molecule has 0 radical (unpaired) electrons. The molecule has 0 aromatic heterocycles. The Labute approximate surface area is 343 Å². The number of carboxylic acids is 2. The molecule has 0 amide bonds. The van der Waals surface area contributed by atoms with Gasteiger partial charge in [0.15, 0.2) is 6.10 Å². The number of hydrogen-bond acceptors (Lipinski definition) is 11. The zero-order valence-corrected chi connectivity index (χ0v) is 36.1. The molecule has 0 saturated heterocycles. The molecule has 0 aliphatic heterocycles. The van der Waals surface area contributed by atoms with E-state index in [2.05, 4.69) is 0 Å². The zero-order chi connectivity index (χ0) is 42.2. The Morgan fingerprint density at radius 3 is 1.19 bits per heavy atom.